The van der Waals surface area contributed by atoms with Gasteiger partial charge < -0.3 is 9.80 Å². The number of sulfonamides is 1. The van der Waals surface area contributed by atoms with Gasteiger partial charge in [0.2, 0.25) is 5.91 Å². The van der Waals surface area contributed by atoms with E-state index in [4.69, 9.17) is 0 Å². The summed E-state index contributed by atoms with van der Waals surface area (Å²) in [7, 11) is -4.01. The van der Waals surface area contributed by atoms with Gasteiger partial charge in [-0.15, -0.1) is 0 Å². The topological polar surface area (TPSA) is 113 Å². The minimum Gasteiger partial charge on any atom is -0.362 e. The van der Waals surface area contributed by atoms with Crippen molar-refractivity contribution >= 4 is 33.0 Å². The molecule has 2 aromatic rings. The molecule has 0 spiro atoms. The van der Waals surface area contributed by atoms with Crippen molar-refractivity contribution in [1.29, 1.82) is 0 Å². The van der Waals surface area contributed by atoms with Gasteiger partial charge in [0.15, 0.2) is 0 Å². The monoisotopic (exact) mass is 474 g/mol. The Labute approximate surface area is 194 Å². The van der Waals surface area contributed by atoms with Crippen LogP contribution in [0.3, 0.4) is 0 Å². The van der Waals surface area contributed by atoms with E-state index in [1.807, 2.05) is 31.7 Å². The number of carbonyl (C=O) groups excluding carboxylic acids is 1. The van der Waals surface area contributed by atoms with Crippen molar-refractivity contribution in [1.82, 2.24) is 4.90 Å². The van der Waals surface area contributed by atoms with E-state index in [1.54, 1.807) is 24.0 Å². The van der Waals surface area contributed by atoms with Crippen molar-refractivity contribution in [2.75, 3.05) is 35.8 Å². The van der Waals surface area contributed by atoms with Gasteiger partial charge in [0, 0.05) is 38.7 Å². The lowest BCUT2D eigenvalue weighted by Gasteiger charge is -2.36. The smallest absolute Gasteiger partial charge is 0.293 e. The zero-order valence-electron chi connectivity index (χ0n) is 19.4. The van der Waals surface area contributed by atoms with Gasteiger partial charge in [0.05, 0.1) is 15.5 Å². The highest BCUT2D eigenvalue weighted by atomic mass is 32.2. The fourth-order valence-corrected chi connectivity index (χ4v) is 5.04. The van der Waals surface area contributed by atoms with Crippen LogP contribution in [0.5, 0.6) is 0 Å². The number of nitro benzene ring substituents is 1. The zero-order chi connectivity index (χ0) is 24.3. The Morgan fingerprint density at radius 2 is 1.76 bits per heavy atom. The number of anilines is 2. The maximum atomic E-state index is 12.9. The molecule has 1 amide bonds. The molecule has 3 rings (SSSR count). The van der Waals surface area contributed by atoms with Gasteiger partial charge in [-0.1, -0.05) is 31.5 Å². The molecule has 2 aromatic carbocycles. The first-order valence-electron chi connectivity index (χ1n) is 10.9. The van der Waals surface area contributed by atoms with E-state index in [2.05, 4.69) is 4.72 Å². The number of carbonyl (C=O) groups is 1. The molecule has 1 saturated heterocycles. The number of piperazine rings is 1. The van der Waals surface area contributed by atoms with Crippen LogP contribution in [0.4, 0.5) is 17.1 Å². The molecule has 1 aliphatic heterocycles. The quantitative estimate of drug-likeness (QED) is 0.484. The normalized spacial score (nSPS) is 14.5. The highest BCUT2D eigenvalue weighted by Gasteiger charge is 2.28. The average molecular weight is 475 g/mol. The minimum atomic E-state index is -4.01. The molecule has 0 unspecified atom stereocenters. The number of benzene rings is 2. The summed E-state index contributed by atoms with van der Waals surface area (Å²) in [5.41, 5.74) is 2.26. The third-order valence-corrected chi connectivity index (χ3v) is 7.00. The number of rotatable bonds is 7. The van der Waals surface area contributed by atoms with Crippen LogP contribution in [0.2, 0.25) is 0 Å². The Bertz CT molecular complexity index is 1160. The van der Waals surface area contributed by atoms with Crippen LogP contribution in [0.25, 0.3) is 0 Å². The third kappa shape index (κ3) is 5.81. The number of aryl methyl sites for hydroxylation is 2. The molecule has 10 heteroatoms. The molecule has 9 nitrogen and oxygen atoms in total. The lowest BCUT2D eigenvalue weighted by atomic mass is 10.1. The molecule has 0 aromatic heterocycles. The van der Waals surface area contributed by atoms with Gasteiger partial charge in [-0.3, -0.25) is 19.6 Å². The number of nitrogens with one attached hydrogen (secondary N) is 1. The second-order valence-corrected chi connectivity index (χ2v) is 10.5. The molecule has 0 aliphatic carbocycles. The summed E-state index contributed by atoms with van der Waals surface area (Å²) in [5, 5.41) is 11.8. The van der Waals surface area contributed by atoms with Crippen molar-refractivity contribution in [3.05, 3.63) is 57.6 Å². The first kappa shape index (κ1) is 24.5. The van der Waals surface area contributed by atoms with Crippen LogP contribution in [-0.4, -0.2) is 50.3 Å². The first-order chi connectivity index (χ1) is 15.5. The summed E-state index contributed by atoms with van der Waals surface area (Å²) in [6, 6.07) is 9.27. The molecule has 0 atom stereocenters. The predicted molar refractivity (Wildman–Crippen MR) is 128 cm³/mol. The molecular weight excluding hydrogens is 444 g/mol. The molecule has 1 N–H and O–H groups in total. The molecule has 33 heavy (non-hydrogen) atoms. The van der Waals surface area contributed by atoms with Gasteiger partial charge in [-0.2, -0.15) is 0 Å². The number of hydrogen-bond acceptors (Lipinski definition) is 6. The Kier molecular flexibility index (Phi) is 7.26. The Balaban J connectivity index is 1.81. The van der Waals surface area contributed by atoms with Crippen molar-refractivity contribution < 1.29 is 18.1 Å². The van der Waals surface area contributed by atoms with Crippen molar-refractivity contribution in [3.8, 4) is 0 Å². The number of nitrogens with zero attached hydrogens (tertiary/aromatic N) is 3. The summed E-state index contributed by atoms with van der Waals surface area (Å²) in [6.45, 7) is 9.50. The largest absolute Gasteiger partial charge is 0.362 e. The number of nitro groups is 1. The average Bonchev–Trinajstić information content (AvgIpc) is 2.75. The molecule has 1 aliphatic rings. The minimum absolute atomic E-state index is 0.0815. The maximum Gasteiger partial charge on any atom is 0.293 e. The highest BCUT2D eigenvalue weighted by molar-refractivity contribution is 7.92. The van der Waals surface area contributed by atoms with E-state index in [1.165, 1.54) is 12.1 Å². The van der Waals surface area contributed by atoms with Crippen LogP contribution in [0.1, 0.15) is 31.4 Å². The summed E-state index contributed by atoms with van der Waals surface area (Å²) >= 11 is 0. The number of hydrogen-bond donors (Lipinski definition) is 1. The lowest BCUT2D eigenvalue weighted by molar-refractivity contribution is -0.384. The van der Waals surface area contributed by atoms with Crippen molar-refractivity contribution in [3.63, 3.8) is 0 Å². The van der Waals surface area contributed by atoms with Crippen LogP contribution in [-0.2, 0) is 14.8 Å². The van der Waals surface area contributed by atoms with Crippen molar-refractivity contribution in [2.24, 2.45) is 5.92 Å². The van der Waals surface area contributed by atoms with Crippen LogP contribution in [0.15, 0.2) is 41.3 Å². The van der Waals surface area contributed by atoms with Crippen molar-refractivity contribution in [2.45, 2.75) is 39.0 Å². The third-order valence-electron chi connectivity index (χ3n) is 5.64. The molecular formula is C23H30N4O5S. The molecule has 1 fully saturated rings. The lowest BCUT2D eigenvalue weighted by Crippen LogP contribution is -2.49. The van der Waals surface area contributed by atoms with E-state index < -0.39 is 14.9 Å². The van der Waals surface area contributed by atoms with E-state index in [0.29, 0.717) is 44.0 Å². The fourth-order valence-electron chi connectivity index (χ4n) is 3.89. The molecule has 0 bridgehead atoms. The van der Waals surface area contributed by atoms with Crippen LogP contribution >= 0.6 is 0 Å². The summed E-state index contributed by atoms with van der Waals surface area (Å²) in [4.78, 5) is 26.9. The highest BCUT2D eigenvalue weighted by Crippen LogP contribution is 2.32. The van der Waals surface area contributed by atoms with E-state index in [0.717, 1.165) is 17.2 Å². The van der Waals surface area contributed by atoms with Gasteiger partial charge in [0.25, 0.3) is 15.7 Å². The fraction of sp³-hybridized carbons (Fsp3) is 0.435. The Morgan fingerprint density at radius 3 is 2.33 bits per heavy atom. The molecule has 178 valence electrons. The Morgan fingerprint density at radius 1 is 1.09 bits per heavy atom. The second-order valence-electron chi connectivity index (χ2n) is 8.80. The predicted octanol–water partition coefficient (Wildman–Crippen LogP) is 3.71. The standard InChI is InChI=1S/C23H30N4O5S/c1-16(2)13-23(28)26-11-9-25(10-12-26)21-8-6-19(15-22(21)27(29)30)33(31,32)24-20-7-5-17(3)14-18(20)4/h5-8,14-16,24H,9-13H2,1-4H3. The zero-order valence-corrected chi connectivity index (χ0v) is 20.2. The second kappa shape index (κ2) is 9.78. The van der Waals surface area contributed by atoms with Crippen LogP contribution in [0, 0.1) is 29.9 Å². The van der Waals surface area contributed by atoms with Gasteiger partial charge in [-0.05, 0) is 43.5 Å². The number of amides is 1. The maximum absolute atomic E-state index is 12.9. The Hall–Kier alpha value is -3.14. The molecule has 0 saturated carbocycles. The molecule has 0 radical (unpaired) electrons. The summed E-state index contributed by atoms with van der Waals surface area (Å²) in [5.74, 6) is 0.349. The first-order valence-corrected chi connectivity index (χ1v) is 12.4. The summed E-state index contributed by atoms with van der Waals surface area (Å²) in [6.07, 6.45) is 0.472. The summed E-state index contributed by atoms with van der Waals surface area (Å²) < 4.78 is 28.4. The molecule has 1 heterocycles. The van der Waals surface area contributed by atoms with E-state index in [-0.39, 0.29) is 22.4 Å². The SMILES string of the molecule is Cc1ccc(NS(=O)(=O)c2ccc(N3CCN(C(=O)CC(C)C)CC3)c([N+](=O)[O-])c2)c(C)c1. The van der Waals surface area contributed by atoms with Gasteiger partial charge in [-0.25, -0.2) is 8.42 Å². The van der Waals surface area contributed by atoms with Gasteiger partial charge in [0.1, 0.15) is 5.69 Å². The van der Waals surface area contributed by atoms with Gasteiger partial charge >= 0.3 is 0 Å². The van der Waals surface area contributed by atoms with E-state index >= 15 is 0 Å². The van der Waals surface area contributed by atoms with Crippen LogP contribution < -0.4 is 9.62 Å². The van der Waals surface area contributed by atoms with E-state index in [9.17, 15) is 23.3 Å².